The van der Waals surface area contributed by atoms with Crippen molar-refractivity contribution in [3.8, 4) is 0 Å². The molecule has 1 aliphatic carbocycles. The topological polar surface area (TPSA) is 29.1 Å². The highest BCUT2D eigenvalue weighted by atomic mass is 32.2. The molecule has 106 valence electrons. The number of thioether (sulfide) groups is 1. The molecular weight excluding hydrogens is 242 g/mol. The van der Waals surface area contributed by atoms with Crippen LogP contribution in [0.15, 0.2) is 0 Å². The van der Waals surface area contributed by atoms with Crippen LogP contribution in [0.4, 0.5) is 0 Å². The van der Waals surface area contributed by atoms with E-state index in [1.165, 1.54) is 64.2 Å². The molecule has 1 fully saturated rings. The van der Waals surface area contributed by atoms with E-state index >= 15 is 0 Å². The van der Waals surface area contributed by atoms with Gasteiger partial charge in [-0.15, -0.1) is 0 Å². The lowest BCUT2D eigenvalue weighted by atomic mass is 9.95. The molecule has 0 bridgehead atoms. The zero-order chi connectivity index (χ0) is 13.1. The summed E-state index contributed by atoms with van der Waals surface area (Å²) in [6.45, 7) is 2.24. The highest BCUT2D eigenvalue weighted by Gasteiger charge is 2.15. The lowest BCUT2D eigenvalue weighted by Gasteiger charge is -2.22. The Morgan fingerprint density at radius 2 is 1.83 bits per heavy atom. The first kappa shape index (κ1) is 15.9. The van der Waals surface area contributed by atoms with Crippen LogP contribution in [0.25, 0.3) is 0 Å². The molecule has 1 aliphatic rings. The molecule has 0 spiro atoms. The first-order valence-electron chi connectivity index (χ1n) is 7.70. The second kappa shape index (κ2) is 10.7. The third-order valence-corrected chi connectivity index (χ3v) is 4.64. The molecule has 1 rings (SSSR count). The standard InChI is InChI=1S/C15H29NOS/c1-2-3-4-5-9-12-18-13-15(17)16-14-10-7-6-8-11-14/h14H,2-13H2,1H3,(H,16,17). The van der Waals surface area contributed by atoms with Gasteiger partial charge in [0.2, 0.25) is 5.91 Å². The predicted molar refractivity (Wildman–Crippen MR) is 81.1 cm³/mol. The Bertz CT molecular complexity index is 215. The molecule has 0 saturated heterocycles. The lowest BCUT2D eigenvalue weighted by molar-refractivity contribution is -0.119. The van der Waals surface area contributed by atoms with Gasteiger partial charge >= 0.3 is 0 Å². The van der Waals surface area contributed by atoms with E-state index in [0.29, 0.717) is 11.8 Å². The summed E-state index contributed by atoms with van der Waals surface area (Å²) in [6, 6.07) is 0.469. The fourth-order valence-electron chi connectivity index (χ4n) is 2.49. The molecule has 0 atom stereocenters. The zero-order valence-electron chi connectivity index (χ0n) is 11.9. The Balaban J connectivity index is 1.90. The summed E-state index contributed by atoms with van der Waals surface area (Å²) in [6.07, 6.45) is 12.9. The Kier molecular flexibility index (Phi) is 9.45. The fourth-order valence-corrected chi connectivity index (χ4v) is 3.31. The SMILES string of the molecule is CCCCCCCSCC(=O)NC1CCCCC1. The number of rotatable bonds is 9. The van der Waals surface area contributed by atoms with Crippen molar-refractivity contribution in [1.82, 2.24) is 5.32 Å². The van der Waals surface area contributed by atoms with Gasteiger partial charge < -0.3 is 5.32 Å². The van der Waals surface area contributed by atoms with Gasteiger partial charge in [0.25, 0.3) is 0 Å². The normalized spacial score (nSPS) is 16.7. The van der Waals surface area contributed by atoms with Crippen LogP contribution in [0.5, 0.6) is 0 Å². The van der Waals surface area contributed by atoms with Gasteiger partial charge in [-0.05, 0) is 25.0 Å². The molecule has 0 aromatic carbocycles. The number of amides is 1. The summed E-state index contributed by atoms with van der Waals surface area (Å²) in [5.74, 6) is 2.05. The van der Waals surface area contributed by atoms with E-state index in [2.05, 4.69) is 12.2 Å². The Morgan fingerprint density at radius 1 is 1.11 bits per heavy atom. The Hall–Kier alpha value is -0.180. The number of unbranched alkanes of at least 4 members (excludes halogenated alkanes) is 4. The van der Waals surface area contributed by atoms with Gasteiger partial charge in [-0.3, -0.25) is 4.79 Å². The molecule has 1 amide bonds. The van der Waals surface area contributed by atoms with E-state index in [9.17, 15) is 4.79 Å². The van der Waals surface area contributed by atoms with Crippen LogP contribution in [0.2, 0.25) is 0 Å². The Morgan fingerprint density at radius 3 is 2.56 bits per heavy atom. The minimum absolute atomic E-state index is 0.250. The van der Waals surface area contributed by atoms with Crippen molar-refractivity contribution in [2.24, 2.45) is 0 Å². The largest absolute Gasteiger partial charge is 0.353 e. The number of carbonyl (C=O) groups is 1. The summed E-state index contributed by atoms with van der Waals surface area (Å²) in [5, 5.41) is 3.17. The summed E-state index contributed by atoms with van der Waals surface area (Å²) >= 11 is 1.80. The molecule has 3 heteroatoms. The van der Waals surface area contributed by atoms with Gasteiger partial charge in [-0.25, -0.2) is 0 Å². The van der Waals surface area contributed by atoms with Gasteiger partial charge in [0.15, 0.2) is 0 Å². The summed E-state index contributed by atoms with van der Waals surface area (Å²) in [7, 11) is 0. The molecule has 0 unspecified atom stereocenters. The quantitative estimate of drug-likeness (QED) is 0.639. The summed E-state index contributed by atoms with van der Waals surface area (Å²) < 4.78 is 0. The van der Waals surface area contributed by atoms with Crippen LogP contribution in [0, 0.1) is 0 Å². The van der Waals surface area contributed by atoms with Gasteiger partial charge in [-0.2, -0.15) is 11.8 Å². The molecule has 2 nitrogen and oxygen atoms in total. The lowest BCUT2D eigenvalue weighted by Crippen LogP contribution is -2.37. The van der Waals surface area contributed by atoms with Crippen molar-refractivity contribution in [2.75, 3.05) is 11.5 Å². The van der Waals surface area contributed by atoms with Crippen LogP contribution in [0.1, 0.15) is 71.1 Å². The number of hydrogen-bond acceptors (Lipinski definition) is 2. The molecule has 0 heterocycles. The van der Waals surface area contributed by atoms with E-state index in [1.807, 2.05) is 0 Å². The van der Waals surface area contributed by atoms with Gasteiger partial charge in [0.1, 0.15) is 0 Å². The number of hydrogen-bond donors (Lipinski definition) is 1. The summed E-state index contributed by atoms with van der Waals surface area (Å²) in [4.78, 5) is 11.7. The van der Waals surface area contributed by atoms with E-state index in [-0.39, 0.29) is 5.91 Å². The number of carbonyl (C=O) groups excluding carboxylic acids is 1. The van der Waals surface area contributed by atoms with Gasteiger partial charge in [-0.1, -0.05) is 51.9 Å². The van der Waals surface area contributed by atoms with Crippen LogP contribution in [-0.2, 0) is 4.79 Å². The maximum absolute atomic E-state index is 11.7. The van der Waals surface area contributed by atoms with E-state index in [0.717, 1.165) is 5.75 Å². The van der Waals surface area contributed by atoms with Crippen molar-refractivity contribution in [1.29, 1.82) is 0 Å². The van der Waals surface area contributed by atoms with E-state index in [1.54, 1.807) is 11.8 Å². The molecule has 18 heavy (non-hydrogen) atoms. The van der Waals surface area contributed by atoms with Crippen LogP contribution >= 0.6 is 11.8 Å². The second-order valence-corrected chi connectivity index (χ2v) is 6.47. The minimum atomic E-state index is 0.250. The average Bonchev–Trinajstić information content (AvgIpc) is 2.39. The van der Waals surface area contributed by atoms with Crippen molar-refractivity contribution in [2.45, 2.75) is 77.2 Å². The maximum Gasteiger partial charge on any atom is 0.230 e. The number of nitrogens with one attached hydrogen (secondary N) is 1. The van der Waals surface area contributed by atoms with Crippen LogP contribution in [-0.4, -0.2) is 23.5 Å². The third kappa shape index (κ3) is 8.02. The third-order valence-electron chi connectivity index (χ3n) is 3.60. The van der Waals surface area contributed by atoms with Crippen LogP contribution in [0.3, 0.4) is 0 Å². The molecule has 0 radical (unpaired) electrons. The van der Waals surface area contributed by atoms with E-state index < -0.39 is 0 Å². The predicted octanol–water partition coefficient (Wildman–Crippen LogP) is 4.14. The first-order valence-corrected chi connectivity index (χ1v) is 8.85. The molecule has 1 N–H and O–H groups in total. The fraction of sp³-hybridized carbons (Fsp3) is 0.933. The molecular formula is C15H29NOS. The first-order chi connectivity index (χ1) is 8.83. The average molecular weight is 271 g/mol. The van der Waals surface area contributed by atoms with E-state index in [4.69, 9.17) is 0 Å². The molecule has 0 aromatic rings. The second-order valence-electron chi connectivity index (χ2n) is 5.37. The maximum atomic E-state index is 11.7. The summed E-state index contributed by atoms with van der Waals surface area (Å²) in [5.41, 5.74) is 0. The Labute approximate surface area is 117 Å². The molecule has 0 aromatic heterocycles. The highest BCUT2D eigenvalue weighted by molar-refractivity contribution is 7.99. The van der Waals surface area contributed by atoms with Crippen molar-refractivity contribution in [3.05, 3.63) is 0 Å². The van der Waals surface area contributed by atoms with Crippen molar-refractivity contribution in [3.63, 3.8) is 0 Å². The monoisotopic (exact) mass is 271 g/mol. The minimum Gasteiger partial charge on any atom is -0.353 e. The van der Waals surface area contributed by atoms with Gasteiger partial charge in [0.05, 0.1) is 5.75 Å². The smallest absolute Gasteiger partial charge is 0.230 e. The van der Waals surface area contributed by atoms with Crippen molar-refractivity contribution >= 4 is 17.7 Å². The molecule has 1 saturated carbocycles. The van der Waals surface area contributed by atoms with Crippen LogP contribution < -0.4 is 5.32 Å². The highest BCUT2D eigenvalue weighted by Crippen LogP contribution is 2.17. The van der Waals surface area contributed by atoms with Gasteiger partial charge in [0, 0.05) is 6.04 Å². The van der Waals surface area contributed by atoms with Crippen molar-refractivity contribution < 1.29 is 4.79 Å². The molecule has 0 aliphatic heterocycles. The zero-order valence-corrected chi connectivity index (χ0v) is 12.7.